The number of hydrogen-bond acceptors (Lipinski definition) is 8. The van der Waals surface area contributed by atoms with Crippen molar-refractivity contribution in [3.05, 3.63) is 0 Å². The average Bonchev–Trinajstić information content (AvgIpc) is 2.76. The molecule has 3 amide bonds. The van der Waals surface area contributed by atoms with E-state index in [4.69, 9.17) is 19.9 Å². The van der Waals surface area contributed by atoms with Crippen molar-refractivity contribution in [1.29, 1.82) is 0 Å². The lowest BCUT2D eigenvalue weighted by Gasteiger charge is -2.35. The Morgan fingerprint density at radius 1 is 0.525 bits per heavy atom. The molecule has 0 bridgehead atoms. The summed E-state index contributed by atoms with van der Waals surface area (Å²) in [5, 5.41) is 0. The smallest absolute Gasteiger partial charge is 0.410 e. The molecule has 1 aliphatic rings. The lowest BCUT2D eigenvalue weighted by Crippen LogP contribution is -2.51. The molecule has 40 heavy (non-hydrogen) atoms. The minimum absolute atomic E-state index is 0.245. The summed E-state index contributed by atoms with van der Waals surface area (Å²) in [4.78, 5) is 46.5. The highest BCUT2D eigenvalue weighted by atomic mass is 16.6. The monoisotopic (exact) mass is 571 g/mol. The molecule has 1 aliphatic heterocycles. The fourth-order valence-electron chi connectivity index (χ4n) is 4.04. The topological polar surface area (TPSA) is 118 Å². The van der Waals surface area contributed by atoms with Gasteiger partial charge in [-0.3, -0.25) is 4.90 Å². The molecule has 0 aliphatic carbocycles. The molecule has 0 aromatic carbocycles. The van der Waals surface area contributed by atoms with Crippen LogP contribution in [0.1, 0.15) is 88.0 Å². The molecule has 0 unspecified atom stereocenters. The van der Waals surface area contributed by atoms with Crippen LogP contribution in [-0.4, -0.2) is 120 Å². The molecular weight excluding hydrogens is 514 g/mol. The number of carbonyl (C=O) groups is 3. The minimum atomic E-state index is -0.679. The third-order valence-corrected chi connectivity index (χ3v) is 6.04. The number of nitrogens with two attached hydrogens (primary N) is 1. The van der Waals surface area contributed by atoms with E-state index in [1.807, 2.05) is 62.3 Å². The second-order valence-corrected chi connectivity index (χ2v) is 13.4. The first-order chi connectivity index (χ1) is 18.4. The van der Waals surface area contributed by atoms with Gasteiger partial charge in [0.25, 0.3) is 0 Å². The molecule has 2 N–H and O–H groups in total. The molecule has 1 saturated heterocycles. The second-order valence-electron chi connectivity index (χ2n) is 13.4. The van der Waals surface area contributed by atoms with Gasteiger partial charge in [0.1, 0.15) is 16.8 Å². The van der Waals surface area contributed by atoms with Gasteiger partial charge >= 0.3 is 18.3 Å². The number of hydrogen-bond donors (Lipinski definition) is 1. The summed E-state index contributed by atoms with van der Waals surface area (Å²) in [5.74, 6) is 0. The first kappa shape index (κ1) is 35.8. The zero-order valence-electron chi connectivity index (χ0n) is 26.7. The molecule has 0 aromatic rings. The van der Waals surface area contributed by atoms with Crippen LogP contribution in [0.4, 0.5) is 14.4 Å². The van der Waals surface area contributed by atoms with E-state index >= 15 is 0 Å². The first-order valence-corrected chi connectivity index (χ1v) is 14.8. The predicted molar refractivity (Wildman–Crippen MR) is 157 cm³/mol. The van der Waals surface area contributed by atoms with E-state index in [9.17, 15) is 14.4 Å². The van der Waals surface area contributed by atoms with Crippen LogP contribution in [-0.2, 0) is 14.2 Å². The zero-order valence-corrected chi connectivity index (χ0v) is 26.7. The Morgan fingerprint density at radius 3 is 1.12 bits per heavy atom. The van der Waals surface area contributed by atoms with Crippen molar-refractivity contribution in [2.75, 3.05) is 65.4 Å². The van der Waals surface area contributed by atoms with Crippen molar-refractivity contribution in [3.63, 3.8) is 0 Å². The van der Waals surface area contributed by atoms with Crippen molar-refractivity contribution in [2.45, 2.75) is 105 Å². The van der Waals surface area contributed by atoms with Gasteiger partial charge in [0.05, 0.1) is 0 Å². The first-order valence-electron chi connectivity index (χ1n) is 14.8. The number of ether oxygens (including phenoxy) is 3. The Morgan fingerprint density at radius 2 is 0.825 bits per heavy atom. The summed E-state index contributed by atoms with van der Waals surface area (Å²) in [5.41, 5.74) is 3.69. The molecule has 0 atom stereocenters. The predicted octanol–water partition coefficient (Wildman–Crippen LogP) is 4.53. The van der Waals surface area contributed by atoms with E-state index in [0.717, 1.165) is 32.2 Å². The van der Waals surface area contributed by atoms with E-state index < -0.39 is 35.1 Å². The summed E-state index contributed by atoms with van der Waals surface area (Å²) < 4.78 is 17.0. The van der Waals surface area contributed by atoms with E-state index in [1.165, 1.54) is 0 Å². The van der Waals surface area contributed by atoms with E-state index in [-0.39, 0.29) is 26.2 Å². The van der Waals surface area contributed by atoms with E-state index in [2.05, 4.69) is 4.90 Å². The third-order valence-electron chi connectivity index (χ3n) is 6.04. The Balaban J connectivity index is 3.19. The Bertz CT molecular complexity index is 743. The number of amides is 3. The molecule has 11 nitrogen and oxygen atoms in total. The van der Waals surface area contributed by atoms with Crippen LogP contribution >= 0.6 is 0 Å². The molecule has 0 radical (unpaired) electrons. The van der Waals surface area contributed by atoms with Crippen molar-refractivity contribution in [3.8, 4) is 0 Å². The summed E-state index contributed by atoms with van der Waals surface area (Å²) >= 11 is 0. The number of carbonyl (C=O) groups excluding carboxylic acids is 3. The van der Waals surface area contributed by atoms with Crippen LogP contribution in [0, 0.1) is 0 Å². The normalized spacial score (nSPS) is 17.1. The molecule has 1 heterocycles. The van der Waals surface area contributed by atoms with Crippen molar-refractivity contribution < 1.29 is 28.6 Å². The van der Waals surface area contributed by atoms with Crippen LogP contribution in [0.2, 0.25) is 0 Å². The van der Waals surface area contributed by atoms with Crippen molar-refractivity contribution in [1.82, 2.24) is 19.6 Å². The minimum Gasteiger partial charge on any atom is -0.444 e. The molecule has 11 heteroatoms. The summed E-state index contributed by atoms with van der Waals surface area (Å²) in [6, 6.07) is 0. The SMILES string of the molecule is CC(C)(C)OC(=O)N1CCN(CCCCCCN)CCN(C(=O)OC(C)(C)C)CCN(C(=O)OC(C)(C)C)CC1. The van der Waals surface area contributed by atoms with Gasteiger partial charge in [-0.15, -0.1) is 0 Å². The van der Waals surface area contributed by atoms with Crippen molar-refractivity contribution in [2.24, 2.45) is 5.73 Å². The molecule has 1 rings (SSSR count). The van der Waals surface area contributed by atoms with Gasteiger partial charge in [0.2, 0.25) is 0 Å². The fraction of sp³-hybridized carbons (Fsp3) is 0.897. The van der Waals surface area contributed by atoms with Crippen molar-refractivity contribution >= 4 is 18.3 Å². The second kappa shape index (κ2) is 16.2. The molecule has 0 spiro atoms. The van der Waals surface area contributed by atoms with Gasteiger partial charge in [-0.05, 0) is 88.2 Å². The maximum absolute atomic E-state index is 13.1. The fourth-order valence-corrected chi connectivity index (χ4v) is 4.04. The highest BCUT2D eigenvalue weighted by Gasteiger charge is 2.29. The largest absolute Gasteiger partial charge is 0.444 e. The molecular formula is C29H57N5O6. The third kappa shape index (κ3) is 16.1. The highest BCUT2D eigenvalue weighted by molar-refractivity contribution is 5.70. The van der Waals surface area contributed by atoms with Crippen LogP contribution in [0.5, 0.6) is 0 Å². The maximum atomic E-state index is 13.1. The maximum Gasteiger partial charge on any atom is 0.410 e. The van der Waals surface area contributed by atoms with E-state index in [1.54, 1.807) is 14.7 Å². The number of unbranched alkanes of at least 4 members (excludes halogenated alkanes) is 3. The van der Waals surface area contributed by atoms with Gasteiger partial charge in [-0.1, -0.05) is 12.8 Å². The van der Waals surface area contributed by atoms with Gasteiger partial charge in [0.15, 0.2) is 0 Å². The van der Waals surface area contributed by atoms with Gasteiger partial charge in [-0.2, -0.15) is 0 Å². The number of nitrogens with zero attached hydrogens (tertiary/aromatic N) is 4. The standard InChI is InChI=1S/C29H57N5O6/c1-27(2,3)38-24(35)32-18-16-31(15-13-11-10-12-14-30)17-19-33(25(36)39-28(4,5)6)21-23-34(22-20-32)26(37)40-29(7,8)9/h10-23,30H2,1-9H3. The van der Waals surface area contributed by atoms with Crippen LogP contribution in [0.15, 0.2) is 0 Å². The molecule has 0 saturated carbocycles. The van der Waals surface area contributed by atoms with Crippen LogP contribution in [0.3, 0.4) is 0 Å². The lowest BCUT2D eigenvalue weighted by molar-refractivity contribution is 0.00468. The lowest BCUT2D eigenvalue weighted by atomic mass is 10.2. The summed E-state index contributed by atoms with van der Waals surface area (Å²) in [6.45, 7) is 21.2. The van der Waals surface area contributed by atoms with Gasteiger partial charge < -0.3 is 34.6 Å². The Hall–Kier alpha value is -2.27. The molecule has 234 valence electrons. The highest BCUT2D eigenvalue weighted by Crippen LogP contribution is 2.15. The summed E-state index contributed by atoms with van der Waals surface area (Å²) in [6.07, 6.45) is 2.86. The zero-order chi connectivity index (χ0) is 30.6. The van der Waals surface area contributed by atoms with Crippen LogP contribution < -0.4 is 5.73 Å². The average molecular weight is 572 g/mol. The molecule has 1 fully saturated rings. The van der Waals surface area contributed by atoms with Gasteiger partial charge in [-0.25, -0.2) is 14.4 Å². The van der Waals surface area contributed by atoms with E-state index in [0.29, 0.717) is 32.7 Å². The quantitative estimate of drug-likeness (QED) is 0.365. The van der Waals surface area contributed by atoms with Crippen LogP contribution in [0.25, 0.3) is 0 Å². The Labute approximate surface area is 242 Å². The number of rotatable bonds is 6. The Kier molecular flexibility index (Phi) is 14.5. The summed E-state index contributed by atoms with van der Waals surface area (Å²) in [7, 11) is 0. The molecule has 0 aromatic heterocycles. The van der Waals surface area contributed by atoms with Gasteiger partial charge in [0, 0.05) is 52.4 Å².